The molecule has 3 aromatic carbocycles. The number of nitro benzene ring substituents is 1. The molecule has 0 aromatic heterocycles. The molecule has 1 aliphatic rings. The minimum absolute atomic E-state index is 0.000298. The molecule has 1 amide bonds. The maximum absolute atomic E-state index is 12.4. The topological polar surface area (TPSA) is 139 Å². The Bertz CT molecular complexity index is 1510. The number of amides is 1. The SMILES string of the molecule is CC(C)(C)CC(C)(C)c1ccc(OCC(=O)N/N=C/c2ccc(OC(=O)c3ccc4c(c3)OCO4)cc2)c([N+](=O)[O-])c1. The standard InChI is InChI=1S/C31H33N3O8/c1-30(2,3)18-31(4,5)22-9-13-25(24(15-22)34(37)38)39-17-28(35)33-32-16-20-6-10-23(11-7-20)42-29(36)21-8-12-26-27(14-21)41-19-40-26/h6-16H,17-19H2,1-5H3,(H,33,35)/b32-16+. The largest absolute Gasteiger partial charge is 0.477 e. The highest BCUT2D eigenvalue weighted by Crippen LogP contribution is 2.39. The van der Waals surface area contributed by atoms with Crippen molar-refractivity contribution < 1.29 is 33.5 Å². The van der Waals surface area contributed by atoms with Gasteiger partial charge in [-0.2, -0.15) is 5.10 Å². The summed E-state index contributed by atoms with van der Waals surface area (Å²) in [6, 6.07) is 16.1. The van der Waals surface area contributed by atoms with Gasteiger partial charge in [-0.3, -0.25) is 14.9 Å². The monoisotopic (exact) mass is 575 g/mol. The van der Waals surface area contributed by atoms with Crippen molar-refractivity contribution in [1.29, 1.82) is 0 Å². The van der Waals surface area contributed by atoms with Gasteiger partial charge in [0, 0.05) is 6.07 Å². The molecule has 0 saturated carbocycles. The number of hydrogen-bond acceptors (Lipinski definition) is 9. The number of nitrogens with one attached hydrogen (secondary N) is 1. The van der Waals surface area contributed by atoms with Crippen LogP contribution in [0.5, 0.6) is 23.0 Å². The lowest BCUT2D eigenvalue weighted by Gasteiger charge is -2.33. The van der Waals surface area contributed by atoms with Crippen LogP contribution < -0.4 is 24.4 Å². The number of nitro groups is 1. The lowest BCUT2D eigenvalue weighted by molar-refractivity contribution is -0.385. The number of rotatable bonds is 10. The fraction of sp³-hybridized carbons (Fsp3) is 0.323. The van der Waals surface area contributed by atoms with Gasteiger partial charge in [-0.25, -0.2) is 10.2 Å². The highest BCUT2D eigenvalue weighted by molar-refractivity contribution is 5.92. The number of hydrogen-bond donors (Lipinski definition) is 1. The number of fused-ring (bicyclic) bond motifs is 1. The van der Waals surface area contributed by atoms with Crippen molar-refractivity contribution >= 4 is 23.8 Å². The number of benzene rings is 3. The van der Waals surface area contributed by atoms with Crippen LogP contribution in [0.1, 0.15) is 62.5 Å². The van der Waals surface area contributed by atoms with Gasteiger partial charge in [0.2, 0.25) is 6.79 Å². The molecule has 0 aliphatic carbocycles. The molecule has 220 valence electrons. The van der Waals surface area contributed by atoms with Crippen LogP contribution in [0, 0.1) is 15.5 Å². The molecule has 4 rings (SSSR count). The fourth-order valence-corrected chi connectivity index (χ4v) is 4.80. The molecule has 11 nitrogen and oxygen atoms in total. The Kier molecular flexibility index (Phi) is 8.79. The minimum atomic E-state index is -0.591. The first-order valence-electron chi connectivity index (χ1n) is 13.3. The number of nitrogens with zero attached hydrogens (tertiary/aromatic N) is 2. The molecule has 11 heteroatoms. The second-order valence-corrected chi connectivity index (χ2v) is 11.7. The van der Waals surface area contributed by atoms with Crippen LogP contribution >= 0.6 is 0 Å². The number of ether oxygens (including phenoxy) is 4. The highest BCUT2D eigenvalue weighted by atomic mass is 16.7. The van der Waals surface area contributed by atoms with Gasteiger partial charge in [-0.1, -0.05) is 40.7 Å². The molecule has 1 N–H and O–H groups in total. The van der Waals surface area contributed by atoms with E-state index in [1.165, 1.54) is 18.3 Å². The first-order chi connectivity index (χ1) is 19.8. The van der Waals surface area contributed by atoms with Crippen molar-refractivity contribution in [3.8, 4) is 23.0 Å². The first kappa shape index (κ1) is 30.0. The lowest BCUT2D eigenvalue weighted by atomic mass is 9.72. The predicted molar refractivity (Wildman–Crippen MR) is 155 cm³/mol. The summed E-state index contributed by atoms with van der Waals surface area (Å²) in [6.45, 7) is 10.1. The smallest absolute Gasteiger partial charge is 0.343 e. The zero-order valence-corrected chi connectivity index (χ0v) is 24.1. The van der Waals surface area contributed by atoms with Crippen molar-refractivity contribution in [2.24, 2.45) is 10.5 Å². The molecule has 0 unspecified atom stereocenters. The van der Waals surface area contributed by atoms with E-state index in [1.807, 2.05) is 13.8 Å². The minimum Gasteiger partial charge on any atom is -0.477 e. The van der Waals surface area contributed by atoms with Crippen molar-refractivity contribution in [3.63, 3.8) is 0 Å². The molecule has 1 heterocycles. The second kappa shape index (κ2) is 12.3. The summed E-state index contributed by atoms with van der Waals surface area (Å²) in [6.07, 6.45) is 2.22. The van der Waals surface area contributed by atoms with E-state index in [1.54, 1.807) is 48.5 Å². The quantitative estimate of drug-likeness (QED) is 0.105. The van der Waals surface area contributed by atoms with E-state index >= 15 is 0 Å². The van der Waals surface area contributed by atoms with Gasteiger partial charge in [-0.05, 0) is 76.9 Å². The van der Waals surface area contributed by atoms with Crippen molar-refractivity contribution in [2.45, 2.75) is 46.5 Å². The molecule has 0 saturated heterocycles. The van der Waals surface area contributed by atoms with E-state index in [9.17, 15) is 19.7 Å². The second-order valence-electron chi connectivity index (χ2n) is 11.7. The van der Waals surface area contributed by atoms with Crippen LogP contribution in [-0.2, 0) is 10.2 Å². The van der Waals surface area contributed by atoms with E-state index in [2.05, 4.69) is 31.3 Å². The van der Waals surface area contributed by atoms with Crippen LogP contribution in [0.15, 0.2) is 65.8 Å². The third kappa shape index (κ3) is 7.84. The average molecular weight is 576 g/mol. The Morgan fingerprint density at radius 1 is 1.00 bits per heavy atom. The predicted octanol–water partition coefficient (Wildman–Crippen LogP) is 5.79. The van der Waals surface area contributed by atoms with Gasteiger partial charge >= 0.3 is 11.7 Å². The molecule has 0 atom stereocenters. The van der Waals surface area contributed by atoms with Crippen LogP contribution in [-0.4, -0.2) is 36.4 Å². The van der Waals surface area contributed by atoms with E-state index in [-0.39, 0.29) is 29.1 Å². The summed E-state index contributed by atoms with van der Waals surface area (Å²) in [4.78, 5) is 35.9. The van der Waals surface area contributed by atoms with E-state index < -0.39 is 23.4 Å². The van der Waals surface area contributed by atoms with E-state index in [4.69, 9.17) is 18.9 Å². The van der Waals surface area contributed by atoms with Gasteiger partial charge in [-0.15, -0.1) is 0 Å². The lowest BCUT2D eigenvalue weighted by Crippen LogP contribution is -2.26. The molecule has 0 fully saturated rings. The van der Waals surface area contributed by atoms with E-state index in [0.29, 0.717) is 28.4 Å². The Morgan fingerprint density at radius 3 is 2.40 bits per heavy atom. The van der Waals surface area contributed by atoms with Crippen molar-refractivity contribution in [1.82, 2.24) is 5.43 Å². The average Bonchev–Trinajstić information content (AvgIpc) is 3.39. The van der Waals surface area contributed by atoms with Gasteiger partial charge in [0.05, 0.1) is 16.7 Å². The van der Waals surface area contributed by atoms with Crippen molar-refractivity contribution in [2.75, 3.05) is 13.4 Å². The van der Waals surface area contributed by atoms with Crippen LogP contribution in [0.4, 0.5) is 5.69 Å². The Hall–Kier alpha value is -4.93. The Morgan fingerprint density at radius 2 is 1.71 bits per heavy atom. The number of carbonyl (C=O) groups excluding carboxylic acids is 2. The zero-order valence-electron chi connectivity index (χ0n) is 24.1. The normalized spacial score (nSPS) is 12.7. The maximum atomic E-state index is 12.4. The Balaban J connectivity index is 1.29. The maximum Gasteiger partial charge on any atom is 0.343 e. The summed E-state index contributed by atoms with van der Waals surface area (Å²) in [7, 11) is 0. The summed E-state index contributed by atoms with van der Waals surface area (Å²) in [5.74, 6) is 0.231. The summed E-state index contributed by atoms with van der Waals surface area (Å²) >= 11 is 0. The molecule has 3 aromatic rings. The molecule has 0 spiro atoms. The van der Waals surface area contributed by atoms with Crippen molar-refractivity contribution in [3.05, 3.63) is 87.5 Å². The first-order valence-corrected chi connectivity index (χ1v) is 13.3. The third-order valence-electron chi connectivity index (χ3n) is 6.37. The van der Waals surface area contributed by atoms with Gasteiger partial charge in [0.1, 0.15) is 5.75 Å². The molecule has 0 radical (unpaired) electrons. The van der Waals surface area contributed by atoms with Gasteiger partial charge < -0.3 is 18.9 Å². The summed E-state index contributed by atoms with van der Waals surface area (Å²) in [5, 5.41) is 15.6. The molecular formula is C31H33N3O8. The number of hydrazone groups is 1. The summed E-state index contributed by atoms with van der Waals surface area (Å²) in [5.41, 5.74) is 3.64. The molecule has 42 heavy (non-hydrogen) atoms. The fourth-order valence-electron chi connectivity index (χ4n) is 4.80. The highest BCUT2D eigenvalue weighted by Gasteiger charge is 2.30. The van der Waals surface area contributed by atoms with Crippen LogP contribution in [0.25, 0.3) is 0 Å². The number of esters is 1. The van der Waals surface area contributed by atoms with Crippen LogP contribution in [0.2, 0.25) is 0 Å². The zero-order chi connectivity index (χ0) is 30.5. The van der Waals surface area contributed by atoms with Gasteiger partial charge in [0.15, 0.2) is 23.9 Å². The summed E-state index contributed by atoms with van der Waals surface area (Å²) < 4.78 is 21.4. The molecule has 0 bridgehead atoms. The van der Waals surface area contributed by atoms with E-state index in [0.717, 1.165) is 12.0 Å². The van der Waals surface area contributed by atoms with Crippen LogP contribution in [0.3, 0.4) is 0 Å². The number of carbonyl (C=O) groups is 2. The molecular weight excluding hydrogens is 542 g/mol. The Labute approximate surface area is 243 Å². The molecule has 1 aliphatic heterocycles. The third-order valence-corrected chi connectivity index (χ3v) is 6.37. The van der Waals surface area contributed by atoms with Gasteiger partial charge in [0.25, 0.3) is 5.91 Å².